The van der Waals surface area contributed by atoms with Gasteiger partial charge in [-0.3, -0.25) is 9.78 Å². The molecule has 0 aliphatic rings. The van der Waals surface area contributed by atoms with Gasteiger partial charge in [0.15, 0.2) is 0 Å². The van der Waals surface area contributed by atoms with Crippen LogP contribution in [0.4, 0.5) is 17.1 Å². The lowest BCUT2D eigenvalue weighted by Gasteiger charge is -2.15. The van der Waals surface area contributed by atoms with Crippen molar-refractivity contribution in [3.05, 3.63) is 77.1 Å². The van der Waals surface area contributed by atoms with Crippen LogP contribution >= 0.6 is 0 Å². The molecule has 0 spiro atoms. The van der Waals surface area contributed by atoms with E-state index in [4.69, 9.17) is 4.74 Å². The van der Waals surface area contributed by atoms with Crippen molar-refractivity contribution in [2.75, 3.05) is 17.2 Å². The summed E-state index contributed by atoms with van der Waals surface area (Å²) in [5.74, 6) is 0.409. The smallest absolute Gasteiger partial charge is 0.257 e. The van der Waals surface area contributed by atoms with Gasteiger partial charge >= 0.3 is 0 Å². The molecule has 0 unspecified atom stereocenters. The normalized spacial score (nSPS) is 10.4. The largest absolute Gasteiger partial charge is 0.492 e. The van der Waals surface area contributed by atoms with E-state index in [1.807, 2.05) is 31.2 Å². The van der Waals surface area contributed by atoms with Crippen molar-refractivity contribution in [3.63, 3.8) is 0 Å². The quantitative estimate of drug-likeness (QED) is 0.605. The molecule has 0 radical (unpaired) electrons. The topological polar surface area (TPSA) is 63.2 Å². The van der Waals surface area contributed by atoms with E-state index in [-0.39, 0.29) is 5.91 Å². The van der Waals surface area contributed by atoms with Gasteiger partial charge in [-0.25, -0.2) is 0 Å². The number of para-hydroxylation sites is 2. The number of amides is 1. The third kappa shape index (κ3) is 4.49. The number of nitrogens with zero attached hydrogens (tertiary/aromatic N) is 1. The van der Waals surface area contributed by atoms with E-state index in [2.05, 4.69) is 48.5 Å². The molecule has 0 bridgehead atoms. The molecule has 144 valence electrons. The van der Waals surface area contributed by atoms with Gasteiger partial charge < -0.3 is 15.4 Å². The van der Waals surface area contributed by atoms with Crippen LogP contribution < -0.4 is 15.4 Å². The van der Waals surface area contributed by atoms with Crippen molar-refractivity contribution in [2.24, 2.45) is 0 Å². The maximum absolute atomic E-state index is 12.7. The number of aromatic nitrogens is 1. The molecule has 0 fully saturated rings. The van der Waals surface area contributed by atoms with Crippen molar-refractivity contribution in [3.8, 4) is 5.75 Å². The molecular formula is C23H25N3O2. The zero-order valence-electron chi connectivity index (χ0n) is 16.7. The average Bonchev–Trinajstić information content (AvgIpc) is 2.66. The Labute approximate surface area is 165 Å². The van der Waals surface area contributed by atoms with Crippen LogP contribution in [0.15, 0.2) is 54.9 Å². The standard InChI is InChI=1S/C23H25N3O2/c1-5-28-21-9-7-6-8-20(21)26-23(27)18-12-19(14-24-13-18)25-22-16(3)10-15(2)11-17(22)4/h6-14,25H,5H2,1-4H3,(H,26,27). The highest BCUT2D eigenvalue weighted by molar-refractivity contribution is 6.05. The molecule has 1 amide bonds. The number of hydrogen-bond acceptors (Lipinski definition) is 4. The number of carbonyl (C=O) groups excluding carboxylic acids is 1. The summed E-state index contributed by atoms with van der Waals surface area (Å²) in [6.45, 7) is 8.65. The number of pyridine rings is 1. The van der Waals surface area contributed by atoms with Crippen molar-refractivity contribution in [1.29, 1.82) is 0 Å². The van der Waals surface area contributed by atoms with Crippen molar-refractivity contribution >= 4 is 23.0 Å². The second kappa shape index (κ2) is 8.57. The first kappa shape index (κ1) is 19.4. The fourth-order valence-electron chi connectivity index (χ4n) is 3.20. The van der Waals surface area contributed by atoms with Crippen LogP contribution in [0.2, 0.25) is 0 Å². The minimum Gasteiger partial charge on any atom is -0.492 e. The molecule has 5 nitrogen and oxygen atoms in total. The zero-order chi connectivity index (χ0) is 20.1. The van der Waals surface area contributed by atoms with Crippen LogP contribution in [0.25, 0.3) is 0 Å². The Morgan fingerprint density at radius 1 is 1.04 bits per heavy atom. The second-order valence-corrected chi connectivity index (χ2v) is 6.74. The lowest BCUT2D eigenvalue weighted by Crippen LogP contribution is -2.13. The summed E-state index contributed by atoms with van der Waals surface area (Å²) in [5.41, 5.74) is 6.43. The van der Waals surface area contributed by atoms with E-state index in [0.29, 0.717) is 23.6 Å². The van der Waals surface area contributed by atoms with Gasteiger partial charge in [0.25, 0.3) is 5.91 Å². The van der Waals surface area contributed by atoms with Crippen molar-refractivity contribution in [2.45, 2.75) is 27.7 Å². The van der Waals surface area contributed by atoms with Gasteiger partial charge in [-0.1, -0.05) is 29.8 Å². The predicted molar refractivity (Wildman–Crippen MR) is 114 cm³/mol. The first-order valence-corrected chi connectivity index (χ1v) is 9.31. The lowest BCUT2D eigenvalue weighted by atomic mass is 10.0. The molecule has 28 heavy (non-hydrogen) atoms. The SMILES string of the molecule is CCOc1ccccc1NC(=O)c1cncc(Nc2c(C)cc(C)cc2C)c1. The molecule has 0 saturated carbocycles. The molecule has 0 atom stereocenters. The summed E-state index contributed by atoms with van der Waals surface area (Å²) in [4.78, 5) is 16.9. The lowest BCUT2D eigenvalue weighted by molar-refractivity contribution is 0.102. The van der Waals surface area contributed by atoms with E-state index in [1.165, 1.54) is 5.56 Å². The fourth-order valence-corrected chi connectivity index (χ4v) is 3.20. The number of aryl methyl sites for hydroxylation is 3. The number of anilines is 3. The number of benzene rings is 2. The van der Waals surface area contributed by atoms with Crippen LogP contribution in [0, 0.1) is 20.8 Å². The highest BCUT2D eigenvalue weighted by atomic mass is 16.5. The highest BCUT2D eigenvalue weighted by Crippen LogP contribution is 2.27. The average molecular weight is 375 g/mol. The van der Waals surface area contributed by atoms with Crippen LogP contribution in [0.5, 0.6) is 5.75 Å². The molecule has 0 saturated heterocycles. The first-order valence-electron chi connectivity index (χ1n) is 9.31. The minimum atomic E-state index is -0.236. The van der Waals surface area contributed by atoms with Crippen LogP contribution in [0.1, 0.15) is 34.0 Å². The summed E-state index contributed by atoms with van der Waals surface area (Å²) in [6.07, 6.45) is 3.27. The summed E-state index contributed by atoms with van der Waals surface area (Å²) in [7, 11) is 0. The van der Waals surface area contributed by atoms with Gasteiger partial charge in [-0.15, -0.1) is 0 Å². The highest BCUT2D eigenvalue weighted by Gasteiger charge is 2.12. The van der Waals surface area contributed by atoms with Gasteiger partial charge in [0, 0.05) is 11.9 Å². The van der Waals surface area contributed by atoms with E-state index in [9.17, 15) is 4.79 Å². The number of ether oxygens (including phenoxy) is 1. The van der Waals surface area contributed by atoms with Gasteiger partial charge in [-0.2, -0.15) is 0 Å². The van der Waals surface area contributed by atoms with E-state index >= 15 is 0 Å². The fraction of sp³-hybridized carbons (Fsp3) is 0.217. The molecule has 3 aromatic rings. The third-order valence-electron chi connectivity index (χ3n) is 4.38. The van der Waals surface area contributed by atoms with Gasteiger partial charge in [0.2, 0.25) is 0 Å². The summed E-state index contributed by atoms with van der Waals surface area (Å²) >= 11 is 0. The van der Waals surface area contributed by atoms with Crippen molar-refractivity contribution < 1.29 is 9.53 Å². The molecule has 3 rings (SSSR count). The molecule has 0 aliphatic carbocycles. The van der Waals surface area contributed by atoms with E-state index in [1.54, 1.807) is 18.5 Å². The number of carbonyl (C=O) groups is 1. The summed E-state index contributed by atoms with van der Waals surface area (Å²) in [5, 5.41) is 6.29. The van der Waals surface area contributed by atoms with Crippen molar-refractivity contribution in [1.82, 2.24) is 4.98 Å². The van der Waals surface area contributed by atoms with E-state index < -0.39 is 0 Å². The molecule has 0 aliphatic heterocycles. The Kier molecular flexibility index (Phi) is 5.94. The molecule has 5 heteroatoms. The van der Waals surface area contributed by atoms with Gasteiger partial charge in [0.1, 0.15) is 5.75 Å². The summed E-state index contributed by atoms with van der Waals surface area (Å²) < 4.78 is 5.57. The predicted octanol–water partition coefficient (Wildman–Crippen LogP) is 5.40. The maximum Gasteiger partial charge on any atom is 0.257 e. The van der Waals surface area contributed by atoms with Crippen LogP contribution in [0.3, 0.4) is 0 Å². The Morgan fingerprint density at radius 3 is 2.46 bits per heavy atom. The Hall–Kier alpha value is -3.34. The van der Waals surface area contributed by atoms with Gasteiger partial charge in [-0.05, 0) is 57.0 Å². The Bertz CT molecular complexity index is 976. The zero-order valence-corrected chi connectivity index (χ0v) is 16.7. The number of hydrogen-bond donors (Lipinski definition) is 2. The van der Waals surface area contributed by atoms with Crippen LogP contribution in [-0.4, -0.2) is 17.5 Å². The number of rotatable bonds is 6. The van der Waals surface area contributed by atoms with Gasteiger partial charge in [0.05, 0.1) is 29.7 Å². The maximum atomic E-state index is 12.7. The monoisotopic (exact) mass is 375 g/mol. The molecular weight excluding hydrogens is 350 g/mol. The van der Waals surface area contributed by atoms with E-state index in [0.717, 1.165) is 22.5 Å². The third-order valence-corrected chi connectivity index (χ3v) is 4.38. The molecule has 1 heterocycles. The van der Waals surface area contributed by atoms with Crippen LogP contribution in [-0.2, 0) is 0 Å². The molecule has 1 aromatic heterocycles. The second-order valence-electron chi connectivity index (χ2n) is 6.74. The molecule has 2 N–H and O–H groups in total. The Morgan fingerprint density at radius 2 is 1.75 bits per heavy atom. The minimum absolute atomic E-state index is 0.236. The molecule has 2 aromatic carbocycles. The number of nitrogens with one attached hydrogen (secondary N) is 2. The summed E-state index contributed by atoms with van der Waals surface area (Å²) in [6, 6.07) is 13.4. The Balaban J connectivity index is 1.81. The first-order chi connectivity index (χ1) is 13.5.